The first-order valence-corrected chi connectivity index (χ1v) is 8.05. The van der Waals surface area contributed by atoms with E-state index in [1.807, 2.05) is 4.90 Å². The average molecular weight is 330 g/mol. The lowest BCUT2D eigenvalue weighted by Crippen LogP contribution is -2.47. The number of amides is 2. The fourth-order valence-electron chi connectivity index (χ4n) is 3.46. The number of nitrogens with zero attached hydrogens (tertiary/aromatic N) is 3. The van der Waals surface area contributed by atoms with Gasteiger partial charge in [-0.15, -0.1) is 0 Å². The molecule has 8 heteroatoms. The van der Waals surface area contributed by atoms with Gasteiger partial charge in [-0.05, 0) is 31.6 Å². The molecule has 3 rings (SSSR count). The number of aromatic nitrogens is 2. The molecule has 1 saturated carbocycles. The van der Waals surface area contributed by atoms with Crippen molar-refractivity contribution in [1.82, 2.24) is 19.8 Å². The standard InChI is InChI=1S/C15H21F3N4O/c16-15(17,18)10-21-8-6-19-13(21)9-20-14(23)22-7-2-5-12(22)11-3-1-4-11/h6,8,11-12H,1-5,7,9-10H2,(H,20,23). The molecule has 0 aromatic carbocycles. The SMILES string of the molecule is O=C(NCc1nccn1CC(F)(F)F)N1CCCC1C1CCC1. The van der Waals surface area contributed by atoms with E-state index in [4.69, 9.17) is 0 Å². The molecule has 1 aromatic rings. The van der Waals surface area contributed by atoms with Gasteiger partial charge in [0.1, 0.15) is 12.4 Å². The predicted molar refractivity (Wildman–Crippen MR) is 77.6 cm³/mol. The van der Waals surface area contributed by atoms with Crippen LogP contribution in [0, 0.1) is 5.92 Å². The molecule has 0 spiro atoms. The number of alkyl halides is 3. The van der Waals surface area contributed by atoms with E-state index >= 15 is 0 Å². The highest BCUT2D eigenvalue weighted by atomic mass is 19.4. The maximum atomic E-state index is 12.5. The number of halogens is 3. The van der Waals surface area contributed by atoms with Crippen LogP contribution in [-0.2, 0) is 13.1 Å². The van der Waals surface area contributed by atoms with Crippen LogP contribution in [0.4, 0.5) is 18.0 Å². The topological polar surface area (TPSA) is 50.2 Å². The number of urea groups is 1. The molecule has 0 radical (unpaired) electrons. The molecule has 5 nitrogen and oxygen atoms in total. The third-order valence-corrected chi connectivity index (χ3v) is 4.80. The molecule has 0 bridgehead atoms. The quantitative estimate of drug-likeness (QED) is 0.923. The van der Waals surface area contributed by atoms with Crippen molar-refractivity contribution in [2.45, 2.75) is 57.4 Å². The van der Waals surface area contributed by atoms with E-state index < -0.39 is 12.7 Å². The molecule has 1 aliphatic carbocycles. The second kappa shape index (κ2) is 6.41. The molecule has 1 aliphatic heterocycles. The van der Waals surface area contributed by atoms with Crippen molar-refractivity contribution in [3.05, 3.63) is 18.2 Å². The summed E-state index contributed by atoms with van der Waals surface area (Å²) in [6.07, 6.45) is 3.89. The van der Waals surface area contributed by atoms with Crippen molar-refractivity contribution in [2.24, 2.45) is 5.92 Å². The van der Waals surface area contributed by atoms with Crippen LogP contribution in [0.5, 0.6) is 0 Å². The fraction of sp³-hybridized carbons (Fsp3) is 0.733. The predicted octanol–water partition coefficient (Wildman–Crippen LogP) is 2.92. The van der Waals surface area contributed by atoms with Gasteiger partial charge in [0.2, 0.25) is 0 Å². The Kier molecular flexibility index (Phi) is 4.50. The smallest absolute Gasteiger partial charge is 0.331 e. The van der Waals surface area contributed by atoms with Crippen molar-refractivity contribution >= 4 is 6.03 Å². The Morgan fingerprint density at radius 1 is 1.30 bits per heavy atom. The van der Waals surface area contributed by atoms with Crippen molar-refractivity contribution < 1.29 is 18.0 Å². The minimum atomic E-state index is -4.30. The lowest BCUT2D eigenvalue weighted by Gasteiger charge is -2.36. The fourth-order valence-corrected chi connectivity index (χ4v) is 3.46. The Balaban J connectivity index is 1.56. The second-order valence-corrected chi connectivity index (χ2v) is 6.34. The Labute approximate surface area is 132 Å². The Morgan fingerprint density at radius 2 is 2.09 bits per heavy atom. The summed E-state index contributed by atoms with van der Waals surface area (Å²) in [6, 6.07) is 0.0969. The zero-order valence-electron chi connectivity index (χ0n) is 12.9. The first-order chi connectivity index (χ1) is 10.9. The van der Waals surface area contributed by atoms with Gasteiger partial charge in [-0.2, -0.15) is 13.2 Å². The van der Waals surface area contributed by atoms with E-state index in [1.165, 1.54) is 31.7 Å². The molecule has 128 valence electrons. The van der Waals surface area contributed by atoms with Crippen molar-refractivity contribution in [2.75, 3.05) is 6.54 Å². The molecule has 2 aliphatic rings. The Morgan fingerprint density at radius 3 is 2.74 bits per heavy atom. The number of hydrogen-bond acceptors (Lipinski definition) is 2. The van der Waals surface area contributed by atoms with E-state index in [9.17, 15) is 18.0 Å². The van der Waals surface area contributed by atoms with Crippen LogP contribution in [0.2, 0.25) is 0 Å². The van der Waals surface area contributed by atoms with Crippen LogP contribution < -0.4 is 5.32 Å². The first kappa shape index (κ1) is 16.1. The maximum Gasteiger partial charge on any atom is 0.406 e. The molecule has 2 heterocycles. The highest BCUT2D eigenvalue weighted by Crippen LogP contribution is 2.37. The third kappa shape index (κ3) is 3.79. The van der Waals surface area contributed by atoms with Gasteiger partial charge >= 0.3 is 12.2 Å². The highest BCUT2D eigenvalue weighted by Gasteiger charge is 2.37. The van der Waals surface area contributed by atoms with E-state index in [1.54, 1.807) is 0 Å². The normalized spacial score (nSPS) is 22.2. The maximum absolute atomic E-state index is 12.5. The average Bonchev–Trinajstić information content (AvgIpc) is 3.02. The molecular weight excluding hydrogens is 309 g/mol. The summed E-state index contributed by atoms with van der Waals surface area (Å²) in [5.74, 6) is 0.811. The minimum absolute atomic E-state index is 0.00972. The van der Waals surface area contributed by atoms with Crippen molar-refractivity contribution in [1.29, 1.82) is 0 Å². The first-order valence-electron chi connectivity index (χ1n) is 8.05. The zero-order chi connectivity index (χ0) is 16.4. The van der Waals surface area contributed by atoms with E-state index in [2.05, 4.69) is 10.3 Å². The third-order valence-electron chi connectivity index (χ3n) is 4.80. The number of carbonyl (C=O) groups is 1. The molecule has 23 heavy (non-hydrogen) atoms. The molecule has 1 aromatic heterocycles. The van der Waals surface area contributed by atoms with Gasteiger partial charge in [0, 0.05) is 25.0 Å². The van der Waals surface area contributed by atoms with Gasteiger partial charge in [-0.25, -0.2) is 9.78 Å². The Hall–Kier alpha value is -1.73. The van der Waals surface area contributed by atoms with Crippen LogP contribution >= 0.6 is 0 Å². The molecule has 2 fully saturated rings. The second-order valence-electron chi connectivity index (χ2n) is 6.34. The van der Waals surface area contributed by atoms with Crippen LogP contribution in [0.25, 0.3) is 0 Å². The lowest BCUT2D eigenvalue weighted by atomic mass is 9.79. The van der Waals surface area contributed by atoms with E-state index in [0.717, 1.165) is 24.0 Å². The van der Waals surface area contributed by atoms with Crippen LogP contribution in [0.3, 0.4) is 0 Å². The van der Waals surface area contributed by atoms with Crippen LogP contribution in [-0.4, -0.2) is 39.2 Å². The van der Waals surface area contributed by atoms with Crippen LogP contribution in [0.1, 0.15) is 37.9 Å². The largest absolute Gasteiger partial charge is 0.406 e. The van der Waals surface area contributed by atoms with Crippen LogP contribution in [0.15, 0.2) is 12.4 Å². The molecule has 1 saturated heterocycles. The summed E-state index contributed by atoms with van der Waals surface area (Å²) >= 11 is 0. The zero-order valence-corrected chi connectivity index (χ0v) is 12.9. The van der Waals surface area contributed by atoms with Gasteiger partial charge in [-0.3, -0.25) is 0 Å². The van der Waals surface area contributed by atoms with Gasteiger partial charge in [-0.1, -0.05) is 6.42 Å². The number of nitrogens with one attached hydrogen (secondary N) is 1. The van der Waals surface area contributed by atoms with Gasteiger partial charge < -0.3 is 14.8 Å². The summed E-state index contributed by atoms with van der Waals surface area (Å²) in [6.45, 7) is -0.355. The number of likely N-dealkylation sites (tertiary alicyclic amines) is 1. The number of rotatable bonds is 4. The minimum Gasteiger partial charge on any atom is -0.331 e. The van der Waals surface area contributed by atoms with Crippen molar-refractivity contribution in [3.63, 3.8) is 0 Å². The van der Waals surface area contributed by atoms with Gasteiger partial charge in [0.15, 0.2) is 0 Å². The summed E-state index contributed by atoms with van der Waals surface area (Å²) < 4.78 is 38.5. The summed E-state index contributed by atoms with van der Waals surface area (Å²) in [5, 5.41) is 2.72. The molecular formula is C15H21F3N4O. The van der Waals surface area contributed by atoms with Gasteiger partial charge in [0.05, 0.1) is 6.54 Å². The van der Waals surface area contributed by atoms with Crippen molar-refractivity contribution in [3.8, 4) is 0 Å². The monoisotopic (exact) mass is 330 g/mol. The summed E-state index contributed by atoms with van der Waals surface area (Å²) in [4.78, 5) is 18.1. The molecule has 1 N–H and O–H groups in total. The summed E-state index contributed by atoms with van der Waals surface area (Å²) in [7, 11) is 0. The number of hydrogen-bond donors (Lipinski definition) is 1. The summed E-state index contributed by atoms with van der Waals surface area (Å²) in [5.41, 5.74) is 0. The molecule has 1 atom stereocenters. The number of imidazole rings is 1. The van der Waals surface area contributed by atoms with E-state index in [0.29, 0.717) is 12.0 Å². The number of carbonyl (C=O) groups excluding carboxylic acids is 1. The van der Waals surface area contributed by atoms with E-state index in [-0.39, 0.29) is 18.4 Å². The lowest BCUT2D eigenvalue weighted by molar-refractivity contribution is -0.141. The molecule has 1 unspecified atom stereocenters. The molecule has 2 amide bonds. The van der Waals surface area contributed by atoms with Gasteiger partial charge in [0.25, 0.3) is 0 Å². The Bertz CT molecular complexity index is 553. The highest BCUT2D eigenvalue weighted by molar-refractivity contribution is 5.74.